The first-order valence-electron chi connectivity index (χ1n) is 5.64. The van der Waals surface area contributed by atoms with Crippen molar-refractivity contribution in [2.45, 2.75) is 0 Å². The van der Waals surface area contributed by atoms with Crippen LogP contribution >= 0.6 is 11.6 Å². The highest BCUT2D eigenvalue weighted by Gasteiger charge is 1.99. The van der Waals surface area contributed by atoms with Gasteiger partial charge in [0, 0.05) is 5.02 Å². The largest absolute Gasteiger partial charge is 0.233 e. The Morgan fingerprint density at radius 2 is 1.68 bits per heavy atom. The van der Waals surface area contributed by atoms with E-state index in [-0.39, 0.29) is 5.82 Å². The van der Waals surface area contributed by atoms with E-state index in [0.717, 1.165) is 5.56 Å². The third kappa shape index (κ3) is 3.65. The van der Waals surface area contributed by atoms with Crippen LogP contribution < -0.4 is 0 Å². The molecule has 2 aromatic rings. The zero-order chi connectivity index (χ0) is 13.7. The van der Waals surface area contributed by atoms with Crippen LogP contribution in [-0.2, 0) is 4.79 Å². The molecule has 3 heteroatoms. The van der Waals surface area contributed by atoms with E-state index in [2.05, 4.69) is 0 Å². The van der Waals surface area contributed by atoms with E-state index < -0.39 is 0 Å². The van der Waals surface area contributed by atoms with Crippen LogP contribution in [0.1, 0.15) is 11.1 Å². The van der Waals surface area contributed by atoms with E-state index in [4.69, 9.17) is 11.6 Å². The van der Waals surface area contributed by atoms with Crippen molar-refractivity contribution in [3.63, 3.8) is 0 Å². The number of allylic oxidation sites excluding steroid dienone is 2. The summed E-state index contributed by atoms with van der Waals surface area (Å²) in [7, 11) is 0. The molecule has 0 saturated carbocycles. The second kappa shape index (κ2) is 6.14. The predicted octanol–water partition coefficient (Wildman–Crippen LogP) is 4.41. The first-order chi connectivity index (χ1) is 9.19. The van der Waals surface area contributed by atoms with Crippen LogP contribution in [0.3, 0.4) is 0 Å². The number of hydrogen-bond donors (Lipinski definition) is 0. The Hall–Kier alpha value is -2.15. The van der Waals surface area contributed by atoms with Gasteiger partial charge in [-0.2, -0.15) is 0 Å². The van der Waals surface area contributed by atoms with Crippen molar-refractivity contribution in [3.05, 3.63) is 76.6 Å². The molecule has 0 atom stereocenters. The van der Waals surface area contributed by atoms with E-state index >= 15 is 0 Å². The lowest BCUT2D eigenvalue weighted by molar-refractivity contribution is 0.569. The lowest BCUT2D eigenvalue weighted by Crippen LogP contribution is -1.83. The standard InChI is InChI=1S/C16H10ClFO/c17-15-7-2-12(3-8-15)1-4-14(11-19)13-5-9-16(18)10-6-13/h1-10H/b4-1+. The molecule has 0 bridgehead atoms. The highest BCUT2D eigenvalue weighted by atomic mass is 35.5. The minimum atomic E-state index is -0.337. The van der Waals surface area contributed by atoms with Gasteiger partial charge in [-0.05, 0) is 41.5 Å². The molecule has 0 aliphatic carbocycles. The Balaban J connectivity index is 2.22. The van der Waals surface area contributed by atoms with Crippen LogP contribution in [0.4, 0.5) is 4.39 Å². The molecule has 0 aliphatic rings. The van der Waals surface area contributed by atoms with Gasteiger partial charge in [-0.15, -0.1) is 0 Å². The Labute approximate surface area is 115 Å². The lowest BCUT2D eigenvalue weighted by atomic mass is 10.1. The molecular formula is C16H10ClFO. The molecule has 0 aromatic heterocycles. The molecule has 0 amide bonds. The van der Waals surface area contributed by atoms with Crippen LogP contribution in [0.5, 0.6) is 0 Å². The summed E-state index contributed by atoms with van der Waals surface area (Å²) in [5, 5.41) is 0.654. The Morgan fingerprint density at radius 3 is 2.26 bits per heavy atom. The van der Waals surface area contributed by atoms with Gasteiger partial charge in [0.15, 0.2) is 0 Å². The van der Waals surface area contributed by atoms with E-state index in [1.54, 1.807) is 36.4 Å². The Morgan fingerprint density at radius 1 is 1.05 bits per heavy atom. The van der Waals surface area contributed by atoms with Gasteiger partial charge >= 0.3 is 0 Å². The lowest BCUT2D eigenvalue weighted by Gasteiger charge is -1.98. The van der Waals surface area contributed by atoms with Crippen LogP contribution in [0.15, 0.2) is 54.6 Å². The maximum Gasteiger partial charge on any atom is 0.133 e. The third-order valence-electron chi connectivity index (χ3n) is 2.58. The van der Waals surface area contributed by atoms with Gasteiger partial charge in [0.1, 0.15) is 11.8 Å². The molecule has 2 rings (SSSR count). The van der Waals surface area contributed by atoms with Crippen LogP contribution in [0, 0.1) is 5.82 Å². The van der Waals surface area contributed by atoms with Gasteiger partial charge in [0.2, 0.25) is 0 Å². The van der Waals surface area contributed by atoms with Gasteiger partial charge < -0.3 is 0 Å². The van der Waals surface area contributed by atoms with E-state index in [1.807, 2.05) is 18.1 Å². The number of carbonyl (C=O) groups excluding carboxylic acids is 1. The molecule has 0 fully saturated rings. The zero-order valence-corrected chi connectivity index (χ0v) is 10.7. The summed E-state index contributed by atoms with van der Waals surface area (Å²) in [6.07, 6.45) is 3.42. The van der Waals surface area contributed by atoms with Crippen molar-refractivity contribution >= 4 is 29.2 Å². The van der Waals surface area contributed by atoms with E-state index in [0.29, 0.717) is 16.2 Å². The monoisotopic (exact) mass is 272 g/mol. The summed E-state index contributed by atoms with van der Waals surface area (Å²) < 4.78 is 12.8. The Kier molecular flexibility index (Phi) is 4.30. The van der Waals surface area contributed by atoms with Crippen molar-refractivity contribution in [2.75, 3.05) is 0 Å². The molecule has 0 saturated heterocycles. The highest BCUT2D eigenvalue weighted by molar-refractivity contribution is 6.30. The zero-order valence-electron chi connectivity index (χ0n) is 9.94. The molecule has 1 nitrogen and oxygen atoms in total. The van der Waals surface area contributed by atoms with Gasteiger partial charge in [-0.3, -0.25) is 0 Å². The topological polar surface area (TPSA) is 17.1 Å². The number of halogens is 2. The SMILES string of the molecule is O=C=C(/C=C/c1ccc(Cl)cc1)c1ccc(F)cc1. The highest BCUT2D eigenvalue weighted by Crippen LogP contribution is 2.16. The van der Waals surface area contributed by atoms with E-state index in [9.17, 15) is 9.18 Å². The summed E-state index contributed by atoms with van der Waals surface area (Å²) in [6, 6.07) is 12.9. The normalized spacial score (nSPS) is 10.4. The molecule has 0 spiro atoms. The van der Waals surface area contributed by atoms with Crippen LogP contribution in [0.2, 0.25) is 5.02 Å². The molecule has 19 heavy (non-hydrogen) atoms. The fourth-order valence-corrected chi connectivity index (χ4v) is 1.70. The third-order valence-corrected chi connectivity index (χ3v) is 2.83. The predicted molar refractivity (Wildman–Crippen MR) is 76.0 cm³/mol. The average molecular weight is 273 g/mol. The molecule has 0 aliphatic heterocycles. The minimum Gasteiger partial charge on any atom is -0.233 e. The first-order valence-corrected chi connectivity index (χ1v) is 6.01. The maximum absolute atomic E-state index is 12.8. The van der Waals surface area contributed by atoms with E-state index in [1.165, 1.54) is 12.1 Å². The van der Waals surface area contributed by atoms with Crippen molar-refractivity contribution in [3.8, 4) is 0 Å². The quantitative estimate of drug-likeness (QED) is 0.598. The fraction of sp³-hybridized carbons (Fsp3) is 0. The van der Waals surface area contributed by atoms with Crippen LogP contribution in [0.25, 0.3) is 11.6 Å². The summed E-state index contributed by atoms with van der Waals surface area (Å²) in [6.45, 7) is 0. The summed E-state index contributed by atoms with van der Waals surface area (Å²) in [5.41, 5.74) is 1.91. The number of rotatable bonds is 3. The summed E-state index contributed by atoms with van der Waals surface area (Å²) in [5.74, 6) is 1.51. The van der Waals surface area contributed by atoms with Crippen molar-refractivity contribution in [2.24, 2.45) is 0 Å². The molecule has 0 N–H and O–H groups in total. The number of benzene rings is 2. The minimum absolute atomic E-state index is 0.337. The van der Waals surface area contributed by atoms with Gasteiger partial charge in [0.25, 0.3) is 0 Å². The van der Waals surface area contributed by atoms with Gasteiger partial charge in [-0.25, -0.2) is 9.18 Å². The number of hydrogen-bond acceptors (Lipinski definition) is 1. The first kappa shape index (κ1) is 13.3. The van der Waals surface area contributed by atoms with Gasteiger partial charge in [-0.1, -0.05) is 41.9 Å². The smallest absolute Gasteiger partial charge is 0.133 e. The molecular weight excluding hydrogens is 263 g/mol. The molecule has 0 unspecified atom stereocenters. The van der Waals surface area contributed by atoms with Crippen LogP contribution in [-0.4, -0.2) is 5.94 Å². The summed E-state index contributed by atoms with van der Waals surface area (Å²) in [4.78, 5) is 10.9. The molecule has 0 heterocycles. The molecule has 2 aromatic carbocycles. The van der Waals surface area contributed by atoms with Crippen molar-refractivity contribution in [1.82, 2.24) is 0 Å². The Bertz CT molecular complexity index is 635. The average Bonchev–Trinajstić information content (AvgIpc) is 2.43. The summed E-state index contributed by atoms with van der Waals surface area (Å²) >= 11 is 5.79. The second-order valence-corrected chi connectivity index (χ2v) is 4.34. The fourth-order valence-electron chi connectivity index (χ4n) is 1.57. The van der Waals surface area contributed by atoms with Crippen molar-refractivity contribution in [1.29, 1.82) is 0 Å². The molecule has 0 radical (unpaired) electrons. The second-order valence-electron chi connectivity index (χ2n) is 3.91. The maximum atomic E-state index is 12.8. The van der Waals surface area contributed by atoms with Crippen molar-refractivity contribution < 1.29 is 9.18 Å². The molecule has 94 valence electrons. The van der Waals surface area contributed by atoms with Gasteiger partial charge in [0.05, 0.1) is 5.57 Å².